The predicted molar refractivity (Wildman–Crippen MR) is 133 cm³/mol. The van der Waals surface area contributed by atoms with Crippen molar-refractivity contribution in [2.45, 2.75) is 46.6 Å². The van der Waals surface area contributed by atoms with E-state index in [1.165, 1.54) is 6.07 Å². The zero-order valence-corrected chi connectivity index (χ0v) is 20.4. The third kappa shape index (κ3) is 5.01. The number of halogens is 1. The Kier molecular flexibility index (Phi) is 7.10. The second kappa shape index (κ2) is 10.2. The third-order valence-electron chi connectivity index (χ3n) is 6.13. The molecule has 8 heteroatoms. The molecule has 0 bridgehead atoms. The summed E-state index contributed by atoms with van der Waals surface area (Å²) in [7, 11) is 0. The summed E-state index contributed by atoms with van der Waals surface area (Å²) in [6.45, 7) is 8.18. The number of rotatable bonds is 9. The largest absolute Gasteiger partial charge is 0.479 e. The van der Waals surface area contributed by atoms with Gasteiger partial charge >= 0.3 is 5.97 Å². The van der Waals surface area contributed by atoms with Gasteiger partial charge in [-0.1, -0.05) is 13.0 Å². The third-order valence-corrected chi connectivity index (χ3v) is 6.13. The van der Waals surface area contributed by atoms with Crippen LogP contribution in [0.5, 0.6) is 5.75 Å². The van der Waals surface area contributed by atoms with Gasteiger partial charge in [-0.15, -0.1) is 0 Å². The van der Waals surface area contributed by atoms with E-state index in [9.17, 15) is 14.0 Å². The Balaban J connectivity index is 1.43. The number of H-pyrrole nitrogens is 2. The summed E-state index contributed by atoms with van der Waals surface area (Å²) in [6.07, 6.45) is 0.374. The summed E-state index contributed by atoms with van der Waals surface area (Å²) in [5.41, 5.74) is 4.55. The maximum atomic E-state index is 14.2. The van der Waals surface area contributed by atoms with Crippen molar-refractivity contribution in [3.63, 3.8) is 0 Å². The highest BCUT2D eigenvalue weighted by Crippen LogP contribution is 2.28. The van der Waals surface area contributed by atoms with E-state index in [0.717, 1.165) is 33.1 Å². The first-order valence-electron chi connectivity index (χ1n) is 11.8. The van der Waals surface area contributed by atoms with Crippen molar-refractivity contribution < 1.29 is 23.5 Å². The van der Waals surface area contributed by atoms with Gasteiger partial charge in [-0.2, -0.15) is 0 Å². The van der Waals surface area contributed by atoms with Crippen LogP contribution in [0.1, 0.15) is 47.6 Å². The molecule has 0 aliphatic heterocycles. The van der Waals surface area contributed by atoms with Crippen LogP contribution in [0.15, 0.2) is 36.4 Å². The summed E-state index contributed by atoms with van der Waals surface area (Å²) in [4.78, 5) is 31.0. The lowest BCUT2D eigenvalue weighted by Crippen LogP contribution is -2.28. The quantitative estimate of drug-likeness (QED) is 0.291. The molecule has 7 nitrogen and oxygen atoms in total. The number of amides is 1. The lowest BCUT2D eigenvalue weighted by atomic mass is 10.0. The lowest BCUT2D eigenvalue weighted by Gasteiger charge is -2.15. The number of aromatic nitrogens is 2. The fourth-order valence-corrected chi connectivity index (χ4v) is 4.35. The van der Waals surface area contributed by atoms with Crippen LogP contribution in [0.2, 0.25) is 0 Å². The maximum absolute atomic E-state index is 14.2. The van der Waals surface area contributed by atoms with Crippen LogP contribution >= 0.6 is 0 Å². The highest BCUT2D eigenvalue weighted by molar-refractivity contribution is 5.98. The number of nitrogens with one attached hydrogen (secondary N) is 3. The van der Waals surface area contributed by atoms with Crippen LogP contribution in [0.3, 0.4) is 0 Å². The number of fused-ring (bicyclic) bond motifs is 2. The molecule has 35 heavy (non-hydrogen) atoms. The Hall–Kier alpha value is -3.81. The minimum absolute atomic E-state index is 0.234. The Labute approximate surface area is 203 Å². The van der Waals surface area contributed by atoms with Gasteiger partial charge in [0.1, 0.15) is 17.3 Å². The smallest absolute Gasteiger partial charge is 0.347 e. The molecule has 2 heterocycles. The van der Waals surface area contributed by atoms with E-state index in [4.69, 9.17) is 9.47 Å². The number of carbonyl (C=O) groups excluding carboxylic acids is 2. The van der Waals surface area contributed by atoms with Gasteiger partial charge in [-0.3, -0.25) is 4.79 Å². The molecule has 0 saturated heterocycles. The minimum Gasteiger partial charge on any atom is -0.479 e. The summed E-state index contributed by atoms with van der Waals surface area (Å²) < 4.78 is 25.0. The number of ether oxygens (including phenoxy) is 2. The number of hydrogen-bond acceptors (Lipinski definition) is 4. The van der Waals surface area contributed by atoms with E-state index in [1.807, 2.05) is 26.8 Å². The fraction of sp³-hybridized carbons (Fsp3) is 0.333. The number of hydrogen-bond donors (Lipinski definition) is 3. The molecule has 3 N–H and O–H groups in total. The van der Waals surface area contributed by atoms with Crippen LogP contribution in [-0.4, -0.2) is 41.1 Å². The molecule has 2 aromatic carbocycles. The van der Waals surface area contributed by atoms with E-state index < -0.39 is 12.1 Å². The van der Waals surface area contributed by atoms with Gasteiger partial charge < -0.3 is 24.8 Å². The highest BCUT2D eigenvalue weighted by Gasteiger charge is 2.20. The monoisotopic (exact) mass is 479 g/mol. The first kappa shape index (κ1) is 24.3. The van der Waals surface area contributed by atoms with Crippen molar-refractivity contribution in [3.05, 3.63) is 64.7 Å². The summed E-state index contributed by atoms with van der Waals surface area (Å²) in [5, 5.41) is 4.67. The van der Waals surface area contributed by atoms with Crippen molar-refractivity contribution >= 4 is 33.7 Å². The molecule has 0 fully saturated rings. The zero-order chi connectivity index (χ0) is 25.1. The van der Waals surface area contributed by atoms with Crippen molar-refractivity contribution in [2.24, 2.45) is 0 Å². The Morgan fingerprint density at radius 2 is 1.89 bits per heavy atom. The number of esters is 1. The maximum Gasteiger partial charge on any atom is 0.347 e. The number of benzene rings is 2. The van der Waals surface area contributed by atoms with E-state index in [2.05, 4.69) is 15.3 Å². The zero-order valence-electron chi connectivity index (χ0n) is 20.4. The van der Waals surface area contributed by atoms with Crippen molar-refractivity contribution in [3.8, 4) is 5.75 Å². The van der Waals surface area contributed by atoms with Gasteiger partial charge in [0.15, 0.2) is 6.10 Å². The van der Waals surface area contributed by atoms with Gasteiger partial charge in [0, 0.05) is 34.6 Å². The summed E-state index contributed by atoms with van der Waals surface area (Å²) >= 11 is 0. The number of carbonyl (C=O) groups is 2. The van der Waals surface area contributed by atoms with Gasteiger partial charge in [-0.05, 0) is 69.0 Å². The van der Waals surface area contributed by atoms with Crippen LogP contribution in [0.25, 0.3) is 21.8 Å². The Morgan fingerprint density at radius 3 is 2.63 bits per heavy atom. The summed E-state index contributed by atoms with van der Waals surface area (Å²) in [6, 6.07) is 10.4. The topological polar surface area (TPSA) is 96.2 Å². The van der Waals surface area contributed by atoms with Gasteiger partial charge in [0.05, 0.1) is 12.1 Å². The van der Waals surface area contributed by atoms with Crippen LogP contribution in [0, 0.1) is 19.7 Å². The normalized spacial score (nSPS) is 12.1. The minimum atomic E-state index is -0.685. The lowest BCUT2D eigenvalue weighted by molar-refractivity contribution is -0.151. The molecule has 184 valence electrons. The molecule has 0 aliphatic carbocycles. The predicted octanol–water partition coefficient (Wildman–Crippen LogP) is 5.10. The van der Waals surface area contributed by atoms with Crippen LogP contribution in [-0.2, 0) is 16.0 Å². The Bertz CT molecular complexity index is 1390. The van der Waals surface area contributed by atoms with Crippen molar-refractivity contribution in [1.29, 1.82) is 0 Å². The second-order valence-corrected chi connectivity index (χ2v) is 8.55. The van der Waals surface area contributed by atoms with Gasteiger partial charge in [0.25, 0.3) is 5.91 Å². The highest BCUT2D eigenvalue weighted by atomic mass is 19.1. The SMILES string of the molecule is CCOC(=O)C(CC)Oc1ccc2cc(C(=O)NCCc3c(C)[nH]c4c(F)ccc(C)c34)[nH]c2c1. The molecule has 1 unspecified atom stereocenters. The number of aromatic amines is 2. The molecular formula is C27H30FN3O4. The molecular weight excluding hydrogens is 449 g/mol. The average Bonchev–Trinajstić information content (AvgIpc) is 3.41. The van der Waals surface area contributed by atoms with E-state index in [1.54, 1.807) is 31.2 Å². The van der Waals surface area contributed by atoms with Crippen molar-refractivity contribution in [1.82, 2.24) is 15.3 Å². The average molecular weight is 480 g/mol. The van der Waals surface area contributed by atoms with Crippen molar-refractivity contribution in [2.75, 3.05) is 13.2 Å². The molecule has 0 aliphatic rings. The molecule has 4 rings (SSSR count). The molecule has 1 amide bonds. The molecule has 0 spiro atoms. The van der Waals surface area contributed by atoms with E-state index in [-0.39, 0.29) is 11.7 Å². The molecule has 1 atom stereocenters. The molecule has 0 radical (unpaired) electrons. The van der Waals surface area contributed by atoms with Crippen LogP contribution in [0.4, 0.5) is 4.39 Å². The van der Waals surface area contributed by atoms with E-state index in [0.29, 0.717) is 43.0 Å². The number of aryl methyl sites for hydroxylation is 2. The molecule has 2 aromatic heterocycles. The summed E-state index contributed by atoms with van der Waals surface area (Å²) in [5.74, 6) is -0.395. The van der Waals surface area contributed by atoms with Crippen LogP contribution < -0.4 is 10.1 Å². The fourth-order valence-electron chi connectivity index (χ4n) is 4.35. The molecule has 4 aromatic rings. The standard InChI is InChI=1S/C27H30FN3O4/c1-5-23(27(33)34-6-2)35-18-9-8-17-13-22(31-21(17)14-18)26(32)29-12-11-19-16(4)30-25-20(28)10-7-15(3)24(19)25/h7-10,13-14,23,30-31H,5-6,11-12H2,1-4H3,(H,29,32). The van der Waals surface area contributed by atoms with Gasteiger partial charge in [0.2, 0.25) is 0 Å². The second-order valence-electron chi connectivity index (χ2n) is 8.55. The van der Waals surface area contributed by atoms with E-state index >= 15 is 0 Å². The first-order valence-corrected chi connectivity index (χ1v) is 11.8. The first-order chi connectivity index (χ1) is 16.8. The Morgan fingerprint density at radius 1 is 1.09 bits per heavy atom. The van der Waals surface area contributed by atoms with Gasteiger partial charge in [-0.25, -0.2) is 9.18 Å². The molecule has 0 saturated carbocycles.